The number of amides is 2. The molecule has 0 radical (unpaired) electrons. The Morgan fingerprint density at radius 1 is 1.30 bits per heavy atom. The number of nitrogens with one attached hydrogen (secondary N) is 2. The molecule has 2 amide bonds. The molecule has 1 atom stereocenters. The van der Waals surface area contributed by atoms with Crippen LogP contribution in [0.15, 0.2) is 30.6 Å². The number of rotatable bonds is 4. The third-order valence-electron chi connectivity index (χ3n) is 5.13. The summed E-state index contributed by atoms with van der Waals surface area (Å²) in [5.41, 5.74) is 1.28. The van der Waals surface area contributed by atoms with Crippen molar-refractivity contribution in [2.45, 2.75) is 44.7 Å². The minimum absolute atomic E-state index is 0.0760. The number of aromatic nitrogens is 4. The second kappa shape index (κ2) is 7.77. The molecule has 8 heteroatoms. The lowest BCUT2D eigenvalue weighted by Crippen LogP contribution is -2.35. The van der Waals surface area contributed by atoms with Crippen molar-refractivity contribution in [2.24, 2.45) is 0 Å². The normalized spacial score (nSPS) is 19.4. The summed E-state index contributed by atoms with van der Waals surface area (Å²) in [6.07, 6.45) is 11.8. The van der Waals surface area contributed by atoms with Crippen LogP contribution in [-0.2, 0) is 24.2 Å². The van der Waals surface area contributed by atoms with Gasteiger partial charge in [-0.15, -0.1) is 0 Å². The number of H-pyrrole nitrogens is 1. The summed E-state index contributed by atoms with van der Waals surface area (Å²) in [5.74, 6) is 0.808. The van der Waals surface area contributed by atoms with E-state index in [0.29, 0.717) is 38.2 Å². The van der Waals surface area contributed by atoms with Gasteiger partial charge in [-0.1, -0.05) is 12.2 Å². The van der Waals surface area contributed by atoms with Crippen LogP contribution in [0, 0.1) is 0 Å². The molecule has 8 nitrogen and oxygen atoms in total. The molecule has 2 aromatic rings. The predicted octanol–water partition coefficient (Wildman–Crippen LogP) is 1.07. The van der Waals surface area contributed by atoms with E-state index in [-0.39, 0.29) is 17.9 Å². The molecule has 2 aliphatic rings. The Balaban J connectivity index is 1.36. The Hall–Kier alpha value is -2.90. The minimum Gasteiger partial charge on any atom is -0.344 e. The third-order valence-corrected chi connectivity index (χ3v) is 5.13. The molecule has 3 heterocycles. The molecule has 1 aliphatic carbocycles. The molecule has 4 rings (SSSR count). The number of hydrogen-bond acceptors (Lipinski definition) is 4. The van der Waals surface area contributed by atoms with Gasteiger partial charge in [-0.05, 0) is 25.3 Å². The summed E-state index contributed by atoms with van der Waals surface area (Å²) < 4.78 is 2.00. The number of carbonyl (C=O) groups excluding carboxylic acids is 2. The molecule has 0 fully saturated rings. The quantitative estimate of drug-likeness (QED) is 0.789. The number of hydrogen-bond donors (Lipinski definition) is 2. The van der Waals surface area contributed by atoms with Crippen molar-refractivity contribution in [2.75, 3.05) is 13.1 Å². The van der Waals surface area contributed by atoms with Gasteiger partial charge in [0.1, 0.15) is 11.5 Å². The van der Waals surface area contributed by atoms with Gasteiger partial charge >= 0.3 is 0 Å². The van der Waals surface area contributed by atoms with Crippen molar-refractivity contribution in [1.82, 2.24) is 30.0 Å². The summed E-state index contributed by atoms with van der Waals surface area (Å²) in [6.45, 7) is 1.87. The molecule has 1 aliphatic heterocycles. The van der Waals surface area contributed by atoms with Gasteiger partial charge < -0.3 is 14.8 Å². The monoisotopic (exact) mass is 368 g/mol. The summed E-state index contributed by atoms with van der Waals surface area (Å²) in [6, 6.07) is 1.91. The van der Waals surface area contributed by atoms with E-state index in [1.165, 1.54) is 0 Å². The van der Waals surface area contributed by atoms with Crippen LogP contribution in [0.4, 0.5) is 0 Å². The van der Waals surface area contributed by atoms with Crippen LogP contribution < -0.4 is 5.32 Å². The highest BCUT2D eigenvalue weighted by Gasteiger charge is 2.22. The van der Waals surface area contributed by atoms with Crippen molar-refractivity contribution < 1.29 is 9.59 Å². The molecule has 0 spiro atoms. The first kappa shape index (κ1) is 17.5. The van der Waals surface area contributed by atoms with Crippen LogP contribution in [-0.4, -0.2) is 55.6 Å². The van der Waals surface area contributed by atoms with Crippen molar-refractivity contribution in [3.63, 3.8) is 0 Å². The second-order valence-corrected chi connectivity index (χ2v) is 7.06. The van der Waals surface area contributed by atoms with Crippen LogP contribution in [0.25, 0.3) is 0 Å². The number of aromatic amines is 1. The molecule has 0 saturated heterocycles. The highest BCUT2D eigenvalue weighted by molar-refractivity contribution is 5.92. The average molecular weight is 368 g/mol. The summed E-state index contributed by atoms with van der Waals surface area (Å²) in [5, 5.41) is 9.74. The molecule has 0 aromatic carbocycles. The molecular weight excluding hydrogens is 344 g/mol. The Labute approximate surface area is 157 Å². The zero-order valence-corrected chi connectivity index (χ0v) is 15.2. The summed E-state index contributed by atoms with van der Waals surface area (Å²) >= 11 is 0. The minimum atomic E-state index is -0.126. The fourth-order valence-corrected chi connectivity index (χ4v) is 3.61. The van der Waals surface area contributed by atoms with E-state index < -0.39 is 0 Å². The van der Waals surface area contributed by atoms with Gasteiger partial charge in [0.15, 0.2) is 0 Å². The average Bonchev–Trinajstić information content (AvgIpc) is 3.29. The Morgan fingerprint density at radius 3 is 3.00 bits per heavy atom. The number of allylic oxidation sites excluding steroid dienone is 1. The first-order chi connectivity index (χ1) is 13.2. The SMILES string of the molecule is O=C(NC1C=CCCC1)c1cn2c(n1)CCN(C(=O)Cc1ccn[nH]1)CC2. The lowest BCUT2D eigenvalue weighted by Gasteiger charge is -2.19. The van der Waals surface area contributed by atoms with Gasteiger partial charge in [0.2, 0.25) is 5.91 Å². The first-order valence-corrected chi connectivity index (χ1v) is 9.48. The maximum atomic E-state index is 12.5. The van der Waals surface area contributed by atoms with Crippen molar-refractivity contribution in [3.05, 3.63) is 47.8 Å². The zero-order valence-electron chi connectivity index (χ0n) is 15.2. The highest BCUT2D eigenvalue weighted by atomic mass is 16.2. The van der Waals surface area contributed by atoms with E-state index in [1.54, 1.807) is 12.4 Å². The predicted molar refractivity (Wildman–Crippen MR) is 99.0 cm³/mol. The number of fused-ring (bicyclic) bond motifs is 1. The van der Waals surface area contributed by atoms with Crippen LogP contribution in [0.2, 0.25) is 0 Å². The molecule has 0 bridgehead atoms. The number of carbonyl (C=O) groups is 2. The van der Waals surface area contributed by atoms with Gasteiger partial charge in [0, 0.05) is 50.2 Å². The lowest BCUT2D eigenvalue weighted by atomic mass is 10.0. The molecule has 27 heavy (non-hydrogen) atoms. The molecule has 0 saturated carbocycles. The fourth-order valence-electron chi connectivity index (χ4n) is 3.61. The van der Waals surface area contributed by atoms with Crippen LogP contribution in [0.1, 0.15) is 41.3 Å². The maximum absolute atomic E-state index is 12.5. The summed E-state index contributed by atoms with van der Waals surface area (Å²) in [7, 11) is 0. The van der Waals surface area contributed by atoms with E-state index >= 15 is 0 Å². The zero-order chi connectivity index (χ0) is 18.6. The second-order valence-electron chi connectivity index (χ2n) is 7.06. The Morgan fingerprint density at radius 2 is 2.22 bits per heavy atom. The van der Waals surface area contributed by atoms with Crippen molar-refractivity contribution in [1.29, 1.82) is 0 Å². The third kappa shape index (κ3) is 4.10. The number of imidazole rings is 1. The van der Waals surface area contributed by atoms with E-state index in [9.17, 15) is 9.59 Å². The maximum Gasteiger partial charge on any atom is 0.271 e. The molecule has 2 aromatic heterocycles. The topological polar surface area (TPSA) is 95.9 Å². The van der Waals surface area contributed by atoms with Gasteiger partial charge in [0.05, 0.1) is 6.42 Å². The Bertz CT molecular complexity index is 813. The summed E-state index contributed by atoms with van der Waals surface area (Å²) in [4.78, 5) is 31.3. The smallest absolute Gasteiger partial charge is 0.271 e. The molecule has 142 valence electrons. The van der Waals surface area contributed by atoms with Gasteiger partial charge in [-0.25, -0.2) is 4.98 Å². The lowest BCUT2D eigenvalue weighted by molar-refractivity contribution is -0.130. The Kier molecular flexibility index (Phi) is 5.04. The molecular formula is C19H24N6O2. The molecule has 1 unspecified atom stereocenters. The van der Waals surface area contributed by atoms with Crippen molar-refractivity contribution >= 4 is 11.8 Å². The highest BCUT2D eigenvalue weighted by Crippen LogP contribution is 2.14. The van der Waals surface area contributed by atoms with Crippen LogP contribution >= 0.6 is 0 Å². The van der Waals surface area contributed by atoms with E-state index in [1.807, 2.05) is 15.5 Å². The van der Waals surface area contributed by atoms with E-state index in [4.69, 9.17) is 0 Å². The largest absolute Gasteiger partial charge is 0.344 e. The van der Waals surface area contributed by atoms with Crippen LogP contribution in [0.5, 0.6) is 0 Å². The van der Waals surface area contributed by atoms with Gasteiger partial charge in [-0.2, -0.15) is 5.10 Å². The van der Waals surface area contributed by atoms with Crippen LogP contribution in [0.3, 0.4) is 0 Å². The van der Waals surface area contributed by atoms with Gasteiger partial charge in [-0.3, -0.25) is 14.7 Å². The van der Waals surface area contributed by atoms with Crippen molar-refractivity contribution in [3.8, 4) is 0 Å². The van der Waals surface area contributed by atoms with Gasteiger partial charge in [0.25, 0.3) is 5.91 Å². The standard InChI is InChI=1S/C19H24N6O2/c26-18(12-15-6-8-20-23-15)24-9-7-17-22-16(13-25(17)11-10-24)19(27)21-14-4-2-1-3-5-14/h2,4,6,8,13-14H,1,3,5,7,9-12H2,(H,20,23)(H,21,27). The number of nitrogens with zero attached hydrogens (tertiary/aromatic N) is 4. The molecule has 2 N–H and O–H groups in total. The fraction of sp³-hybridized carbons (Fsp3) is 0.474. The van der Waals surface area contributed by atoms with E-state index in [0.717, 1.165) is 30.8 Å². The first-order valence-electron chi connectivity index (χ1n) is 9.48. The van der Waals surface area contributed by atoms with E-state index in [2.05, 4.69) is 32.7 Å².